The van der Waals surface area contributed by atoms with Crippen molar-refractivity contribution in [3.05, 3.63) is 57.2 Å². The van der Waals surface area contributed by atoms with E-state index in [2.05, 4.69) is 15.0 Å². The third-order valence-corrected chi connectivity index (χ3v) is 3.81. The summed E-state index contributed by atoms with van der Waals surface area (Å²) in [6.07, 6.45) is -3.89. The molecule has 0 saturated heterocycles. The SMILES string of the molecule is COc1cc(C(F)(F)F)c(C(=O)NCc2ccc(Cl)c(Cl)c2)cn1. The van der Waals surface area contributed by atoms with Crippen LogP contribution >= 0.6 is 23.2 Å². The molecule has 1 heterocycles. The fourth-order valence-electron chi connectivity index (χ4n) is 1.89. The Kier molecular flexibility index (Phi) is 5.56. The number of nitrogens with one attached hydrogen (secondary N) is 1. The number of hydrogen-bond donors (Lipinski definition) is 1. The van der Waals surface area contributed by atoms with E-state index in [1.54, 1.807) is 6.07 Å². The van der Waals surface area contributed by atoms with Gasteiger partial charge in [0.15, 0.2) is 0 Å². The van der Waals surface area contributed by atoms with E-state index >= 15 is 0 Å². The number of halogens is 5. The number of aromatic nitrogens is 1. The van der Waals surface area contributed by atoms with Crippen LogP contribution in [0.5, 0.6) is 5.88 Å². The average molecular weight is 379 g/mol. The number of alkyl halides is 3. The summed E-state index contributed by atoms with van der Waals surface area (Å²) in [4.78, 5) is 15.7. The Bertz CT molecular complexity index is 767. The molecule has 0 aliphatic carbocycles. The highest BCUT2D eigenvalue weighted by Gasteiger charge is 2.36. The van der Waals surface area contributed by atoms with Crippen molar-refractivity contribution in [3.8, 4) is 5.88 Å². The van der Waals surface area contributed by atoms with Gasteiger partial charge in [-0.15, -0.1) is 0 Å². The molecule has 9 heteroatoms. The average Bonchev–Trinajstić information content (AvgIpc) is 2.54. The van der Waals surface area contributed by atoms with Crippen LogP contribution in [0.3, 0.4) is 0 Å². The van der Waals surface area contributed by atoms with Crippen LogP contribution in [0.1, 0.15) is 21.5 Å². The Hall–Kier alpha value is -1.99. The molecule has 0 fully saturated rings. The third-order valence-electron chi connectivity index (χ3n) is 3.08. The van der Waals surface area contributed by atoms with Gasteiger partial charge in [-0.25, -0.2) is 4.98 Å². The number of carbonyl (C=O) groups excluding carboxylic acids is 1. The summed E-state index contributed by atoms with van der Waals surface area (Å²) >= 11 is 11.6. The molecule has 0 spiro atoms. The summed E-state index contributed by atoms with van der Waals surface area (Å²) in [6.45, 7) is -0.0148. The van der Waals surface area contributed by atoms with Gasteiger partial charge in [0.25, 0.3) is 5.91 Å². The number of rotatable bonds is 4. The Labute approximate surface area is 145 Å². The van der Waals surface area contributed by atoms with E-state index < -0.39 is 23.2 Å². The lowest BCUT2D eigenvalue weighted by Crippen LogP contribution is -2.26. The second-order valence-electron chi connectivity index (χ2n) is 4.70. The monoisotopic (exact) mass is 378 g/mol. The lowest BCUT2D eigenvalue weighted by Gasteiger charge is -2.13. The molecule has 0 unspecified atom stereocenters. The zero-order valence-corrected chi connectivity index (χ0v) is 13.8. The second-order valence-corrected chi connectivity index (χ2v) is 5.52. The maximum atomic E-state index is 13.1. The van der Waals surface area contributed by atoms with Crippen molar-refractivity contribution in [2.24, 2.45) is 0 Å². The van der Waals surface area contributed by atoms with Gasteiger partial charge in [-0.3, -0.25) is 4.79 Å². The summed E-state index contributed by atoms with van der Waals surface area (Å²) in [5.41, 5.74) is -1.13. The van der Waals surface area contributed by atoms with Crippen molar-refractivity contribution in [1.82, 2.24) is 10.3 Å². The molecule has 1 amide bonds. The summed E-state index contributed by atoms with van der Waals surface area (Å²) in [6, 6.07) is 5.32. The smallest absolute Gasteiger partial charge is 0.417 e. The molecule has 0 radical (unpaired) electrons. The second kappa shape index (κ2) is 7.27. The molecule has 1 aromatic heterocycles. The molecule has 0 saturated carbocycles. The normalized spacial score (nSPS) is 11.2. The number of benzene rings is 1. The number of methoxy groups -OCH3 is 1. The Morgan fingerprint density at radius 2 is 1.96 bits per heavy atom. The van der Waals surface area contributed by atoms with Crippen LogP contribution in [-0.4, -0.2) is 18.0 Å². The van der Waals surface area contributed by atoms with Crippen LogP contribution < -0.4 is 10.1 Å². The van der Waals surface area contributed by atoms with E-state index in [0.717, 1.165) is 6.20 Å². The number of carbonyl (C=O) groups is 1. The molecule has 1 aromatic carbocycles. The molecule has 4 nitrogen and oxygen atoms in total. The molecular formula is C15H11Cl2F3N2O2. The lowest BCUT2D eigenvalue weighted by molar-refractivity contribution is -0.138. The first-order valence-corrected chi connectivity index (χ1v) is 7.31. The molecule has 24 heavy (non-hydrogen) atoms. The van der Waals surface area contributed by atoms with Crippen LogP contribution in [0.4, 0.5) is 13.2 Å². The van der Waals surface area contributed by atoms with Crippen molar-refractivity contribution >= 4 is 29.1 Å². The largest absolute Gasteiger partial charge is 0.481 e. The van der Waals surface area contributed by atoms with Gasteiger partial charge in [-0.2, -0.15) is 13.2 Å². The molecular weight excluding hydrogens is 368 g/mol. The zero-order valence-electron chi connectivity index (χ0n) is 12.2. The summed E-state index contributed by atoms with van der Waals surface area (Å²) in [5, 5.41) is 3.01. The molecule has 2 aromatic rings. The molecule has 1 N–H and O–H groups in total. The minimum absolute atomic E-state index is 0.0148. The van der Waals surface area contributed by atoms with E-state index in [9.17, 15) is 18.0 Å². The number of amides is 1. The van der Waals surface area contributed by atoms with Crippen molar-refractivity contribution in [1.29, 1.82) is 0 Å². The van der Waals surface area contributed by atoms with Crippen LogP contribution in [0.15, 0.2) is 30.5 Å². The van der Waals surface area contributed by atoms with Crippen LogP contribution in [0, 0.1) is 0 Å². The molecule has 0 bridgehead atoms. The fourth-order valence-corrected chi connectivity index (χ4v) is 2.21. The van der Waals surface area contributed by atoms with E-state index in [-0.39, 0.29) is 17.4 Å². The first kappa shape index (κ1) is 18.4. The minimum atomic E-state index is -4.72. The van der Waals surface area contributed by atoms with Crippen molar-refractivity contribution < 1.29 is 22.7 Å². The minimum Gasteiger partial charge on any atom is -0.481 e. The zero-order chi connectivity index (χ0) is 17.9. The molecule has 128 valence electrons. The highest BCUT2D eigenvalue weighted by atomic mass is 35.5. The number of pyridine rings is 1. The summed E-state index contributed by atoms with van der Waals surface area (Å²) in [7, 11) is 1.19. The summed E-state index contributed by atoms with van der Waals surface area (Å²) < 4.78 is 43.9. The Morgan fingerprint density at radius 1 is 1.25 bits per heavy atom. The predicted molar refractivity (Wildman–Crippen MR) is 83.4 cm³/mol. The molecule has 0 aliphatic heterocycles. The fraction of sp³-hybridized carbons (Fsp3) is 0.200. The van der Waals surface area contributed by atoms with Crippen molar-refractivity contribution in [2.45, 2.75) is 12.7 Å². The first-order valence-electron chi connectivity index (χ1n) is 6.55. The molecule has 0 atom stereocenters. The van der Waals surface area contributed by atoms with E-state index in [1.165, 1.54) is 19.2 Å². The van der Waals surface area contributed by atoms with Gasteiger partial charge in [0.05, 0.1) is 28.3 Å². The van der Waals surface area contributed by atoms with E-state index in [1.807, 2.05) is 0 Å². The van der Waals surface area contributed by atoms with Gasteiger partial charge in [0.1, 0.15) is 0 Å². The maximum absolute atomic E-state index is 13.1. The maximum Gasteiger partial charge on any atom is 0.417 e. The van der Waals surface area contributed by atoms with Crippen molar-refractivity contribution in [2.75, 3.05) is 7.11 Å². The summed E-state index contributed by atoms with van der Waals surface area (Å²) in [5.74, 6) is -1.15. The standard InChI is InChI=1S/C15H11Cl2F3N2O2/c1-24-13-5-10(15(18,19)20)9(7-21-13)14(23)22-6-8-2-3-11(16)12(17)4-8/h2-5,7H,6H2,1H3,(H,22,23). The number of nitrogens with zero attached hydrogens (tertiary/aromatic N) is 1. The van der Waals surface area contributed by atoms with Gasteiger partial charge in [0, 0.05) is 18.8 Å². The van der Waals surface area contributed by atoms with Crippen molar-refractivity contribution in [3.63, 3.8) is 0 Å². The highest BCUT2D eigenvalue weighted by molar-refractivity contribution is 6.42. The Morgan fingerprint density at radius 3 is 2.54 bits per heavy atom. The quantitative estimate of drug-likeness (QED) is 0.860. The van der Waals surface area contributed by atoms with Crippen LogP contribution in [0.2, 0.25) is 10.0 Å². The van der Waals surface area contributed by atoms with Crippen LogP contribution in [-0.2, 0) is 12.7 Å². The number of hydrogen-bond acceptors (Lipinski definition) is 3. The lowest BCUT2D eigenvalue weighted by atomic mass is 10.1. The van der Waals surface area contributed by atoms with Gasteiger partial charge < -0.3 is 10.1 Å². The predicted octanol–water partition coefficient (Wildman–Crippen LogP) is 4.35. The number of ether oxygens (including phenoxy) is 1. The molecule has 2 rings (SSSR count). The van der Waals surface area contributed by atoms with E-state index in [4.69, 9.17) is 23.2 Å². The molecule has 0 aliphatic rings. The highest BCUT2D eigenvalue weighted by Crippen LogP contribution is 2.33. The first-order chi connectivity index (χ1) is 11.2. The topological polar surface area (TPSA) is 51.2 Å². The van der Waals surface area contributed by atoms with Gasteiger partial charge in [-0.05, 0) is 17.7 Å². The Balaban J connectivity index is 2.21. The van der Waals surface area contributed by atoms with Gasteiger partial charge in [-0.1, -0.05) is 29.3 Å². The third kappa shape index (κ3) is 4.30. The van der Waals surface area contributed by atoms with Gasteiger partial charge >= 0.3 is 6.18 Å². The van der Waals surface area contributed by atoms with Gasteiger partial charge in [0.2, 0.25) is 5.88 Å². The van der Waals surface area contributed by atoms with E-state index in [0.29, 0.717) is 16.7 Å². The van der Waals surface area contributed by atoms with Crippen LogP contribution in [0.25, 0.3) is 0 Å².